The van der Waals surface area contributed by atoms with Gasteiger partial charge in [0.2, 0.25) is 10.0 Å². The van der Waals surface area contributed by atoms with Gasteiger partial charge in [0.15, 0.2) is 0 Å². The fourth-order valence-corrected chi connectivity index (χ4v) is 6.72. The van der Waals surface area contributed by atoms with Crippen molar-refractivity contribution in [2.45, 2.75) is 56.6 Å². The topological polar surface area (TPSA) is 72.0 Å². The molecule has 0 amide bonds. The highest BCUT2D eigenvalue weighted by atomic mass is 32.2. The first-order chi connectivity index (χ1) is 14.9. The highest BCUT2D eigenvalue weighted by Gasteiger charge is 2.35. The number of hydrogen-bond donors (Lipinski definition) is 0. The molecule has 0 radical (unpaired) electrons. The number of nitrogens with zero attached hydrogens (tertiary/aromatic N) is 3. The van der Waals surface area contributed by atoms with E-state index in [-0.39, 0.29) is 11.0 Å². The monoisotopic (exact) mass is 465 g/mol. The van der Waals surface area contributed by atoms with Crippen molar-refractivity contribution in [3.63, 3.8) is 0 Å². The van der Waals surface area contributed by atoms with Gasteiger partial charge in [-0.25, -0.2) is 13.4 Å². The number of rotatable bonds is 6. The third-order valence-electron chi connectivity index (χ3n) is 6.49. The van der Waals surface area contributed by atoms with Crippen LogP contribution < -0.4 is 9.47 Å². The van der Waals surface area contributed by atoms with Crippen LogP contribution in [0.3, 0.4) is 0 Å². The molecular formula is C22H31N3O4S2. The molecule has 3 heterocycles. The molecule has 2 aliphatic heterocycles. The van der Waals surface area contributed by atoms with Crippen LogP contribution in [0.25, 0.3) is 0 Å². The Kier molecular flexibility index (Phi) is 6.86. The zero-order chi connectivity index (χ0) is 22.0. The van der Waals surface area contributed by atoms with Crippen LogP contribution in [0.1, 0.15) is 36.8 Å². The average molecular weight is 466 g/mol. The Hall–Kier alpha value is -1.68. The lowest BCUT2D eigenvalue weighted by molar-refractivity contribution is 0.0584. The summed E-state index contributed by atoms with van der Waals surface area (Å²) in [7, 11) is -2.05. The lowest BCUT2D eigenvalue weighted by Crippen LogP contribution is -2.50. The Morgan fingerprint density at radius 1 is 1.03 bits per heavy atom. The second kappa shape index (κ2) is 9.44. The number of ether oxygens (including phenoxy) is 2. The van der Waals surface area contributed by atoms with Crippen LogP contribution in [0.4, 0.5) is 0 Å². The molecule has 2 aromatic rings. The van der Waals surface area contributed by atoms with Crippen LogP contribution >= 0.6 is 11.3 Å². The summed E-state index contributed by atoms with van der Waals surface area (Å²) in [4.78, 5) is 6.99. The first kappa shape index (κ1) is 22.5. The molecule has 2 fully saturated rings. The first-order valence-corrected chi connectivity index (χ1v) is 13.2. The molecule has 1 aromatic heterocycles. The Morgan fingerprint density at radius 2 is 1.71 bits per heavy atom. The van der Waals surface area contributed by atoms with E-state index in [1.165, 1.54) is 18.4 Å². The minimum atomic E-state index is -3.57. The van der Waals surface area contributed by atoms with Gasteiger partial charge in [-0.2, -0.15) is 4.31 Å². The van der Waals surface area contributed by atoms with Gasteiger partial charge in [0.1, 0.15) is 16.7 Å². The Bertz CT molecular complexity index is 978. The van der Waals surface area contributed by atoms with Crippen molar-refractivity contribution < 1.29 is 17.9 Å². The van der Waals surface area contributed by atoms with Crippen molar-refractivity contribution in [1.82, 2.24) is 14.2 Å². The molecule has 170 valence electrons. The van der Waals surface area contributed by atoms with E-state index in [2.05, 4.69) is 9.88 Å². The average Bonchev–Trinajstić information content (AvgIpc) is 3.29. The Balaban J connectivity index is 1.34. The van der Waals surface area contributed by atoms with Gasteiger partial charge in [-0.15, -0.1) is 0 Å². The summed E-state index contributed by atoms with van der Waals surface area (Å²) in [6, 6.07) is 3.98. The third-order valence-corrected chi connectivity index (χ3v) is 9.07. The molecule has 1 aromatic carbocycles. The minimum Gasteiger partial charge on any atom is -0.495 e. The van der Waals surface area contributed by atoms with Crippen LogP contribution in [-0.2, 0) is 10.0 Å². The minimum absolute atomic E-state index is 0.222. The van der Waals surface area contributed by atoms with Crippen LogP contribution in [0, 0.1) is 13.8 Å². The fraction of sp³-hybridized carbons (Fsp3) is 0.591. The predicted molar refractivity (Wildman–Crippen MR) is 122 cm³/mol. The number of aromatic nitrogens is 1. The molecule has 9 heteroatoms. The van der Waals surface area contributed by atoms with Gasteiger partial charge in [0.25, 0.3) is 5.19 Å². The molecule has 2 aliphatic rings. The first-order valence-electron chi connectivity index (χ1n) is 10.8. The fourth-order valence-electron chi connectivity index (χ4n) is 4.48. The van der Waals surface area contributed by atoms with Crippen LogP contribution in [0.5, 0.6) is 10.9 Å². The predicted octanol–water partition coefficient (Wildman–Crippen LogP) is 3.47. The largest absolute Gasteiger partial charge is 0.495 e. The maximum Gasteiger partial charge on any atom is 0.273 e. The van der Waals surface area contributed by atoms with Crippen LogP contribution in [-0.4, -0.2) is 68.0 Å². The van der Waals surface area contributed by atoms with E-state index in [1.807, 2.05) is 25.3 Å². The van der Waals surface area contributed by atoms with Crippen LogP contribution in [0.2, 0.25) is 0 Å². The van der Waals surface area contributed by atoms with E-state index in [1.54, 1.807) is 16.6 Å². The number of aryl methyl sites for hydroxylation is 2. The number of sulfonamides is 1. The lowest BCUT2D eigenvalue weighted by Gasteiger charge is -2.41. The molecule has 0 unspecified atom stereocenters. The number of benzene rings is 1. The maximum atomic E-state index is 13.3. The molecule has 4 rings (SSSR count). The molecule has 31 heavy (non-hydrogen) atoms. The number of piperidine rings is 2. The highest BCUT2D eigenvalue weighted by Crippen LogP contribution is 2.32. The maximum absolute atomic E-state index is 13.3. The van der Waals surface area contributed by atoms with Crippen molar-refractivity contribution in [2.75, 3.05) is 33.3 Å². The highest BCUT2D eigenvalue weighted by molar-refractivity contribution is 7.89. The van der Waals surface area contributed by atoms with Crippen molar-refractivity contribution in [3.05, 3.63) is 34.8 Å². The summed E-state index contributed by atoms with van der Waals surface area (Å²) < 4.78 is 39.6. The standard InChI is InChI=1S/C22H31N3O4S2/c1-16-14-20(28-3)21(15-17(16)2)31(26,27)25-11-4-18(5-12-25)24-9-6-19(7-10-24)29-22-23-8-13-30-22/h8,13-15,18-19H,4-7,9-12H2,1-3H3. The summed E-state index contributed by atoms with van der Waals surface area (Å²) in [5.41, 5.74) is 1.98. The smallest absolute Gasteiger partial charge is 0.273 e. The summed E-state index contributed by atoms with van der Waals surface area (Å²) in [6.45, 7) is 6.95. The van der Waals surface area contributed by atoms with Gasteiger partial charge in [-0.05, 0) is 62.8 Å². The second-order valence-corrected chi connectivity index (χ2v) is 11.1. The molecule has 0 aliphatic carbocycles. The molecule has 0 saturated carbocycles. The molecule has 0 spiro atoms. The number of likely N-dealkylation sites (tertiary alicyclic amines) is 1. The van der Waals surface area contributed by atoms with Crippen molar-refractivity contribution >= 4 is 21.4 Å². The van der Waals surface area contributed by atoms with Crippen LogP contribution in [0.15, 0.2) is 28.6 Å². The van der Waals surface area contributed by atoms with E-state index in [0.29, 0.717) is 24.9 Å². The summed E-state index contributed by atoms with van der Waals surface area (Å²) >= 11 is 1.53. The number of methoxy groups -OCH3 is 1. The Labute approximate surface area is 189 Å². The zero-order valence-corrected chi connectivity index (χ0v) is 20.0. The van der Waals surface area contributed by atoms with Crippen molar-refractivity contribution in [2.24, 2.45) is 0 Å². The lowest BCUT2D eigenvalue weighted by atomic mass is 10.00. The second-order valence-electron chi connectivity index (χ2n) is 8.37. The molecule has 7 nitrogen and oxygen atoms in total. The molecule has 2 saturated heterocycles. The van der Waals surface area contributed by atoms with E-state index >= 15 is 0 Å². The van der Waals surface area contributed by atoms with Gasteiger partial charge in [0.05, 0.1) is 7.11 Å². The van der Waals surface area contributed by atoms with Gasteiger partial charge >= 0.3 is 0 Å². The van der Waals surface area contributed by atoms with Gasteiger partial charge in [0, 0.05) is 43.8 Å². The number of thiazole rings is 1. The molecule has 0 bridgehead atoms. The molecule has 0 N–H and O–H groups in total. The van der Waals surface area contributed by atoms with E-state index in [4.69, 9.17) is 9.47 Å². The van der Waals surface area contributed by atoms with Crippen molar-refractivity contribution in [1.29, 1.82) is 0 Å². The summed E-state index contributed by atoms with van der Waals surface area (Å²) in [5, 5.41) is 2.68. The van der Waals surface area contributed by atoms with Gasteiger partial charge < -0.3 is 14.4 Å². The summed E-state index contributed by atoms with van der Waals surface area (Å²) in [6.07, 6.45) is 5.66. The normalized spacial score (nSPS) is 20.1. The SMILES string of the molecule is COc1cc(C)c(C)cc1S(=O)(=O)N1CCC(N2CCC(Oc3nccs3)CC2)CC1. The van der Waals surface area contributed by atoms with E-state index in [0.717, 1.165) is 55.1 Å². The van der Waals surface area contributed by atoms with E-state index in [9.17, 15) is 8.42 Å². The van der Waals surface area contributed by atoms with Crippen molar-refractivity contribution in [3.8, 4) is 10.9 Å². The molecular weight excluding hydrogens is 434 g/mol. The Morgan fingerprint density at radius 3 is 2.32 bits per heavy atom. The van der Waals surface area contributed by atoms with E-state index < -0.39 is 10.0 Å². The quantitative estimate of drug-likeness (QED) is 0.651. The third kappa shape index (κ3) is 4.89. The zero-order valence-electron chi connectivity index (χ0n) is 18.4. The number of hydrogen-bond acceptors (Lipinski definition) is 7. The van der Waals surface area contributed by atoms with Gasteiger partial charge in [-0.3, -0.25) is 0 Å². The molecule has 0 atom stereocenters. The van der Waals surface area contributed by atoms with Gasteiger partial charge in [-0.1, -0.05) is 11.3 Å². The summed E-state index contributed by atoms with van der Waals surface area (Å²) in [5.74, 6) is 0.424.